The fourth-order valence-corrected chi connectivity index (χ4v) is 2.76. The summed E-state index contributed by atoms with van der Waals surface area (Å²) in [6.45, 7) is 0. The minimum absolute atomic E-state index is 0.234. The van der Waals surface area contributed by atoms with Gasteiger partial charge in [-0.2, -0.15) is 0 Å². The van der Waals surface area contributed by atoms with Gasteiger partial charge in [-0.1, -0.05) is 29.3 Å². The molecule has 22 heavy (non-hydrogen) atoms. The van der Waals surface area contributed by atoms with Crippen molar-refractivity contribution in [2.75, 3.05) is 21.3 Å². The zero-order chi connectivity index (χ0) is 16.3. The van der Waals surface area contributed by atoms with Crippen molar-refractivity contribution in [3.05, 3.63) is 39.9 Å². The summed E-state index contributed by atoms with van der Waals surface area (Å²) in [6.07, 6.45) is 0.626. The predicted octanol–water partition coefficient (Wildman–Crippen LogP) is 4.50. The third-order valence-electron chi connectivity index (χ3n) is 3.24. The number of halogens is 2. The summed E-state index contributed by atoms with van der Waals surface area (Å²) in [4.78, 5) is 11.2. The highest BCUT2D eigenvalue weighted by Crippen LogP contribution is 2.46. The van der Waals surface area contributed by atoms with Crippen LogP contribution in [-0.4, -0.2) is 27.6 Å². The largest absolute Gasteiger partial charge is 0.493 e. The van der Waals surface area contributed by atoms with E-state index in [1.54, 1.807) is 24.3 Å². The minimum Gasteiger partial charge on any atom is -0.493 e. The van der Waals surface area contributed by atoms with Crippen molar-refractivity contribution >= 4 is 29.5 Å². The van der Waals surface area contributed by atoms with Crippen LogP contribution in [-0.2, 0) is 0 Å². The van der Waals surface area contributed by atoms with Crippen molar-refractivity contribution in [2.24, 2.45) is 0 Å². The van der Waals surface area contributed by atoms with Gasteiger partial charge in [-0.15, -0.1) is 0 Å². The third kappa shape index (κ3) is 2.72. The number of hydrogen-bond donors (Lipinski definition) is 0. The summed E-state index contributed by atoms with van der Waals surface area (Å²) >= 11 is 12.3. The Hall–Kier alpha value is -1.91. The van der Waals surface area contributed by atoms with E-state index in [1.165, 1.54) is 21.3 Å². The second kappa shape index (κ2) is 6.90. The fourth-order valence-electron chi connectivity index (χ4n) is 2.20. The maximum absolute atomic E-state index is 11.2. The van der Waals surface area contributed by atoms with Gasteiger partial charge in [-0.25, -0.2) is 0 Å². The summed E-state index contributed by atoms with van der Waals surface area (Å²) in [5.74, 6) is 1.44. The molecular weight excluding hydrogens is 327 g/mol. The molecule has 6 heteroatoms. The van der Waals surface area contributed by atoms with Gasteiger partial charge in [0.1, 0.15) is 0 Å². The Balaban J connectivity index is 2.76. The van der Waals surface area contributed by atoms with E-state index < -0.39 is 0 Å². The molecule has 0 saturated heterocycles. The van der Waals surface area contributed by atoms with Gasteiger partial charge in [0, 0.05) is 11.1 Å². The van der Waals surface area contributed by atoms with Crippen LogP contribution in [0.2, 0.25) is 10.0 Å². The Kier molecular flexibility index (Phi) is 5.16. The first-order valence-electron chi connectivity index (χ1n) is 6.31. The molecule has 0 heterocycles. The fraction of sp³-hybridized carbons (Fsp3) is 0.188. The number of aldehydes is 1. The van der Waals surface area contributed by atoms with Gasteiger partial charge in [0.05, 0.1) is 36.9 Å². The number of methoxy groups -OCH3 is 3. The van der Waals surface area contributed by atoms with Gasteiger partial charge in [-0.05, 0) is 18.2 Å². The first-order valence-corrected chi connectivity index (χ1v) is 7.07. The molecule has 0 fully saturated rings. The van der Waals surface area contributed by atoms with E-state index in [2.05, 4.69) is 0 Å². The SMILES string of the molecule is COc1ccc(-c2ccc(Cl)c(C=O)c2Cl)c(OC)c1OC. The Labute approximate surface area is 138 Å². The molecule has 0 aliphatic heterocycles. The zero-order valence-electron chi connectivity index (χ0n) is 12.3. The predicted molar refractivity (Wildman–Crippen MR) is 86.9 cm³/mol. The van der Waals surface area contributed by atoms with E-state index in [1.807, 2.05) is 0 Å². The van der Waals surface area contributed by atoms with Crippen LogP contribution in [0.3, 0.4) is 0 Å². The topological polar surface area (TPSA) is 44.8 Å². The summed E-state index contributed by atoms with van der Waals surface area (Å²) in [5, 5.41) is 0.552. The molecule has 0 atom stereocenters. The molecule has 2 rings (SSSR count). The van der Waals surface area contributed by atoms with Crippen molar-refractivity contribution in [1.29, 1.82) is 0 Å². The van der Waals surface area contributed by atoms with Crippen molar-refractivity contribution in [2.45, 2.75) is 0 Å². The highest BCUT2D eigenvalue weighted by Gasteiger charge is 2.20. The molecule has 0 spiro atoms. The lowest BCUT2D eigenvalue weighted by Gasteiger charge is -2.17. The minimum atomic E-state index is 0.234. The Morgan fingerprint density at radius 2 is 1.50 bits per heavy atom. The molecule has 0 aromatic heterocycles. The molecule has 2 aromatic carbocycles. The molecule has 0 unspecified atom stereocenters. The lowest BCUT2D eigenvalue weighted by molar-refractivity contribution is 0.112. The standard InChI is InChI=1S/C16H14Cl2O4/c1-20-13-7-5-10(15(21-2)16(13)22-3)9-4-6-12(17)11(8-19)14(9)18/h4-8H,1-3H3. The van der Waals surface area contributed by atoms with Crippen LogP contribution in [0.5, 0.6) is 17.2 Å². The monoisotopic (exact) mass is 340 g/mol. The molecule has 2 aromatic rings. The lowest BCUT2D eigenvalue weighted by Crippen LogP contribution is -1.98. The maximum Gasteiger partial charge on any atom is 0.203 e. The smallest absolute Gasteiger partial charge is 0.203 e. The second-order valence-corrected chi connectivity index (χ2v) is 5.11. The normalized spacial score (nSPS) is 10.2. The lowest BCUT2D eigenvalue weighted by atomic mass is 10.0. The average molecular weight is 341 g/mol. The highest BCUT2D eigenvalue weighted by atomic mass is 35.5. The van der Waals surface area contributed by atoms with E-state index in [9.17, 15) is 4.79 Å². The van der Waals surface area contributed by atoms with Gasteiger partial charge >= 0.3 is 0 Å². The van der Waals surface area contributed by atoms with E-state index in [-0.39, 0.29) is 10.6 Å². The van der Waals surface area contributed by atoms with Crippen LogP contribution >= 0.6 is 23.2 Å². The van der Waals surface area contributed by atoms with E-state index in [4.69, 9.17) is 37.4 Å². The Morgan fingerprint density at radius 1 is 0.864 bits per heavy atom. The molecule has 0 radical (unpaired) electrons. The molecule has 0 amide bonds. The summed E-state index contributed by atoms with van der Waals surface area (Å²) < 4.78 is 16.0. The van der Waals surface area contributed by atoms with E-state index >= 15 is 0 Å². The van der Waals surface area contributed by atoms with Crippen molar-refractivity contribution in [3.8, 4) is 28.4 Å². The van der Waals surface area contributed by atoms with Crippen LogP contribution in [0.4, 0.5) is 0 Å². The van der Waals surface area contributed by atoms with Gasteiger partial charge in [0.2, 0.25) is 5.75 Å². The number of hydrogen-bond acceptors (Lipinski definition) is 4. The van der Waals surface area contributed by atoms with E-state index in [0.717, 1.165) is 0 Å². The number of rotatable bonds is 5. The van der Waals surface area contributed by atoms with Crippen molar-refractivity contribution in [1.82, 2.24) is 0 Å². The molecule has 0 aliphatic rings. The number of benzene rings is 2. The van der Waals surface area contributed by atoms with Crippen LogP contribution in [0.25, 0.3) is 11.1 Å². The molecule has 0 aliphatic carbocycles. The molecular formula is C16H14Cl2O4. The first-order chi connectivity index (χ1) is 10.6. The van der Waals surface area contributed by atoms with Crippen molar-refractivity contribution in [3.63, 3.8) is 0 Å². The van der Waals surface area contributed by atoms with E-state index in [0.29, 0.717) is 39.7 Å². The van der Waals surface area contributed by atoms with Gasteiger partial charge in [0.15, 0.2) is 17.8 Å². The molecule has 116 valence electrons. The van der Waals surface area contributed by atoms with Crippen LogP contribution in [0.15, 0.2) is 24.3 Å². The average Bonchev–Trinajstić information content (AvgIpc) is 2.54. The maximum atomic E-state index is 11.2. The Morgan fingerprint density at radius 3 is 2.05 bits per heavy atom. The zero-order valence-corrected chi connectivity index (χ0v) is 13.8. The summed E-state index contributed by atoms with van der Waals surface area (Å²) in [6, 6.07) is 6.86. The highest BCUT2D eigenvalue weighted by molar-refractivity contribution is 6.40. The summed E-state index contributed by atoms with van der Waals surface area (Å²) in [5.41, 5.74) is 1.52. The number of ether oxygens (including phenoxy) is 3. The second-order valence-electron chi connectivity index (χ2n) is 4.32. The van der Waals surface area contributed by atoms with Crippen LogP contribution in [0, 0.1) is 0 Å². The first kappa shape index (κ1) is 16.5. The Bertz CT molecular complexity index is 714. The van der Waals surface area contributed by atoms with Crippen LogP contribution in [0.1, 0.15) is 10.4 Å². The summed E-state index contributed by atoms with van der Waals surface area (Å²) in [7, 11) is 4.58. The van der Waals surface area contributed by atoms with Crippen LogP contribution < -0.4 is 14.2 Å². The quantitative estimate of drug-likeness (QED) is 0.751. The number of carbonyl (C=O) groups is 1. The molecule has 0 bridgehead atoms. The van der Waals surface area contributed by atoms with Gasteiger partial charge < -0.3 is 14.2 Å². The van der Waals surface area contributed by atoms with Crippen molar-refractivity contribution < 1.29 is 19.0 Å². The third-order valence-corrected chi connectivity index (χ3v) is 3.98. The van der Waals surface area contributed by atoms with Gasteiger partial charge in [0.25, 0.3) is 0 Å². The molecule has 4 nitrogen and oxygen atoms in total. The number of carbonyl (C=O) groups excluding carboxylic acids is 1. The molecule has 0 N–H and O–H groups in total. The van der Waals surface area contributed by atoms with Gasteiger partial charge in [-0.3, -0.25) is 4.79 Å². The molecule has 0 saturated carbocycles.